The summed E-state index contributed by atoms with van der Waals surface area (Å²) in [5, 5.41) is 8.78. The summed E-state index contributed by atoms with van der Waals surface area (Å²) in [5.41, 5.74) is 0.403. The lowest BCUT2D eigenvalue weighted by molar-refractivity contribution is -0.152. The van der Waals surface area contributed by atoms with Crippen LogP contribution in [0, 0.1) is 6.92 Å². The molecule has 0 fully saturated rings. The molecule has 2 aromatic rings. The minimum Gasteiger partial charge on any atom is -0.481 e. The quantitative estimate of drug-likeness (QED) is 0.930. The van der Waals surface area contributed by atoms with Crippen LogP contribution in [0.3, 0.4) is 0 Å². The molecule has 7 heteroatoms. The van der Waals surface area contributed by atoms with Gasteiger partial charge in [-0.3, -0.25) is 4.79 Å². The van der Waals surface area contributed by atoms with Gasteiger partial charge in [-0.1, -0.05) is 0 Å². The first-order valence-electron chi connectivity index (χ1n) is 5.26. The van der Waals surface area contributed by atoms with Crippen molar-refractivity contribution >= 4 is 17.3 Å². The largest absolute Gasteiger partial charge is 0.481 e. The Bertz CT molecular complexity index is 610. The van der Waals surface area contributed by atoms with Gasteiger partial charge in [-0.2, -0.15) is 13.2 Å². The molecule has 102 valence electrons. The Labute approximate surface area is 110 Å². The fourth-order valence-corrected chi connectivity index (χ4v) is 2.71. The molecule has 0 aliphatic carbocycles. The molecule has 2 heterocycles. The third kappa shape index (κ3) is 2.98. The normalized spacial score (nSPS) is 11.8. The Balaban J connectivity index is 2.41. The highest BCUT2D eigenvalue weighted by molar-refractivity contribution is 7.12. The van der Waals surface area contributed by atoms with Crippen molar-refractivity contribution in [3.63, 3.8) is 0 Å². The van der Waals surface area contributed by atoms with Gasteiger partial charge in [-0.15, -0.1) is 11.3 Å². The number of rotatable bonds is 3. The molecule has 3 nitrogen and oxygen atoms in total. The smallest absolute Gasteiger partial charge is 0.449 e. The van der Waals surface area contributed by atoms with Gasteiger partial charge in [0.15, 0.2) is 0 Å². The van der Waals surface area contributed by atoms with Crippen LogP contribution in [0.5, 0.6) is 0 Å². The number of carboxylic acids is 1. The van der Waals surface area contributed by atoms with Crippen LogP contribution in [0.4, 0.5) is 13.2 Å². The second-order valence-corrected chi connectivity index (χ2v) is 5.27. The number of carboxylic acid groups (broad SMARTS) is 1. The molecule has 1 N–H and O–H groups in total. The van der Waals surface area contributed by atoms with E-state index in [1.807, 2.05) is 0 Å². The summed E-state index contributed by atoms with van der Waals surface area (Å²) in [6, 6.07) is 3.67. The van der Waals surface area contributed by atoms with Crippen molar-refractivity contribution in [1.82, 2.24) is 0 Å². The zero-order chi connectivity index (χ0) is 14.2. The van der Waals surface area contributed by atoms with Crippen LogP contribution in [0.1, 0.15) is 15.5 Å². The molecular weight excluding hydrogens is 281 g/mol. The highest BCUT2D eigenvalue weighted by atomic mass is 32.1. The van der Waals surface area contributed by atoms with Crippen molar-refractivity contribution in [2.24, 2.45) is 0 Å². The number of aryl methyl sites for hydroxylation is 1. The Morgan fingerprint density at radius 3 is 2.63 bits per heavy atom. The second kappa shape index (κ2) is 4.73. The van der Waals surface area contributed by atoms with Crippen molar-refractivity contribution < 1.29 is 27.5 Å². The predicted octanol–water partition coefficient (Wildman–Crippen LogP) is 3.96. The lowest BCUT2D eigenvalue weighted by atomic mass is 10.1. The number of furan rings is 1. The van der Waals surface area contributed by atoms with E-state index in [2.05, 4.69) is 0 Å². The van der Waals surface area contributed by atoms with E-state index in [0.717, 1.165) is 10.9 Å². The topological polar surface area (TPSA) is 50.4 Å². The summed E-state index contributed by atoms with van der Waals surface area (Å²) in [7, 11) is 0. The van der Waals surface area contributed by atoms with Crippen LogP contribution in [0.15, 0.2) is 22.6 Å². The minimum atomic E-state index is -4.55. The molecule has 2 aromatic heterocycles. The van der Waals surface area contributed by atoms with Gasteiger partial charge in [0.25, 0.3) is 0 Å². The van der Waals surface area contributed by atoms with Gasteiger partial charge >= 0.3 is 12.1 Å². The zero-order valence-electron chi connectivity index (χ0n) is 9.75. The molecule has 0 amide bonds. The van der Waals surface area contributed by atoms with Gasteiger partial charge in [0.2, 0.25) is 5.76 Å². The molecule has 19 heavy (non-hydrogen) atoms. The summed E-state index contributed by atoms with van der Waals surface area (Å²) < 4.78 is 42.1. The molecule has 2 rings (SSSR count). The maximum Gasteiger partial charge on any atom is 0.449 e. The monoisotopic (exact) mass is 290 g/mol. The third-order valence-electron chi connectivity index (χ3n) is 2.39. The van der Waals surface area contributed by atoms with Gasteiger partial charge in [0, 0.05) is 15.3 Å². The summed E-state index contributed by atoms with van der Waals surface area (Å²) in [4.78, 5) is 12.0. The molecule has 0 spiro atoms. The Kier molecular flexibility index (Phi) is 3.40. The first kappa shape index (κ1) is 13.7. The highest BCUT2D eigenvalue weighted by Crippen LogP contribution is 2.37. The first-order chi connectivity index (χ1) is 8.77. The molecule has 0 aliphatic rings. The number of aliphatic carboxylic acids is 1. The summed E-state index contributed by atoms with van der Waals surface area (Å²) in [5.74, 6) is -2.09. The van der Waals surface area contributed by atoms with Crippen LogP contribution in [0.2, 0.25) is 0 Å². The van der Waals surface area contributed by atoms with Gasteiger partial charge in [-0.05, 0) is 25.1 Å². The van der Waals surface area contributed by atoms with Crippen LogP contribution in [-0.2, 0) is 17.4 Å². The van der Waals surface area contributed by atoms with Crippen molar-refractivity contribution in [1.29, 1.82) is 0 Å². The van der Waals surface area contributed by atoms with Gasteiger partial charge in [-0.25, -0.2) is 0 Å². The Morgan fingerprint density at radius 1 is 1.42 bits per heavy atom. The fourth-order valence-electron chi connectivity index (χ4n) is 1.67. The average Bonchev–Trinajstić information content (AvgIpc) is 2.82. The Morgan fingerprint density at radius 2 is 2.11 bits per heavy atom. The molecule has 0 saturated carbocycles. The molecule has 0 atom stereocenters. The molecular formula is C12H9F3O3S. The van der Waals surface area contributed by atoms with Crippen LogP contribution >= 0.6 is 11.3 Å². The molecule has 0 unspecified atom stereocenters. The number of halogens is 3. The van der Waals surface area contributed by atoms with E-state index in [-0.39, 0.29) is 12.2 Å². The Hall–Kier alpha value is -1.76. The third-order valence-corrected chi connectivity index (χ3v) is 3.45. The van der Waals surface area contributed by atoms with Gasteiger partial charge in [0.1, 0.15) is 5.76 Å². The summed E-state index contributed by atoms with van der Waals surface area (Å²) in [6.45, 7) is 1.76. The lowest BCUT2D eigenvalue weighted by Gasteiger charge is -2.01. The maximum absolute atomic E-state index is 12.4. The zero-order valence-corrected chi connectivity index (χ0v) is 10.6. The van der Waals surface area contributed by atoms with Crippen molar-refractivity contribution in [3.8, 4) is 11.3 Å². The van der Waals surface area contributed by atoms with E-state index in [0.29, 0.717) is 10.4 Å². The van der Waals surface area contributed by atoms with E-state index in [1.54, 1.807) is 13.0 Å². The van der Waals surface area contributed by atoms with Crippen molar-refractivity contribution in [2.75, 3.05) is 0 Å². The summed E-state index contributed by atoms with van der Waals surface area (Å²) in [6.07, 6.45) is -4.79. The van der Waals surface area contributed by atoms with E-state index < -0.39 is 17.9 Å². The fraction of sp³-hybridized carbons (Fsp3) is 0.250. The van der Waals surface area contributed by atoms with Gasteiger partial charge < -0.3 is 9.52 Å². The number of thiophene rings is 1. The standard InChI is InChI=1S/C12H9F3O3S/c1-6-4-7(9(19-6)5-11(16)17)8-2-3-10(18-8)12(13,14)15/h2-4H,5H2,1H3,(H,16,17). The molecule has 0 aliphatic heterocycles. The summed E-state index contributed by atoms with van der Waals surface area (Å²) >= 11 is 1.23. The number of hydrogen-bond donors (Lipinski definition) is 1. The van der Waals surface area contributed by atoms with Crippen molar-refractivity contribution in [3.05, 3.63) is 33.7 Å². The van der Waals surface area contributed by atoms with Gasteiger partial charge in [0.05, 0.1) is 6.42 Å². The van der Waals surface area contributed by atoms with E-state index in [4.69, 9.17) is 9.52 Å². The SMILES string of the molecule is Cc1cc(-c2ccc(C(F)(F)F)o2)c(CC(=O)O)s1. The lowest BCUT2D eigenvalue weighted by Crippen LogP contribution is -2.02. The van der Waals surface area contributed by atoms with Crippen LogP contribution in [0.25, 0.3) is 11.3 Å². The second-order valence-electron chi connectivity index (χ2n) is 3.93. The average molecular weight is 290 g/mol. The predicted molar refractivity (Wildman–Crippen MR) is 63.1 cm³/mol. The van der Waals surface area contributed by atoms with E-state index >= 15 is 0 Å². The molecule has 0 saturated heterocycles. The molecule has 0 aromatic carbocycles. The number of carbonyl (C=O) groups is 1. The highest BCUT2D eigenvalue weighted by Gasteiger charge is 2.35. The first-order valence-corrected chi connectivity index (χ1v) is 6.07. The van der Waals surface area contributed by atoms with Crippen LogP contribution in [-0.4, -0.2) is 11.1 Å². The van der Waals surface area contributed by atoms with Crippen LogP contribution < -0.4 is 0 Å². The number of hydrogen-bond acceptors (Lipinski definition) is 3. The number of alkyl halides is 3. The van der Waals surface area contributed by atoms with E-state index in [9.17, 15) is 18.0 Å². The molecule has 0 bridgehead atoms. The van der Waals surface area contributed by atoms with Crippen molar-refractivity contribution in [2.45, 2.75) is 19.5 Å². The minimum absolute atomic E-state index is 0.0351. The van der Waals surface area contributed by atoms with E-state index in [1.165, 1.54) is 17.4 Å². The molecule has 0 radical (unpaired) electrons. The maximum atomic E-state index is 12.4.